The van der Waals surface area contributed by atoms with Gasteiger partial charge in [-0.15, -0.1) is 11.3 Å². The molecule has 2 rings (SSSR count). The molecule has 2 aromatic rings. The van der Waals surface area contributed by atoms with Gasteiger partial charge < -0.3 is 0 Å². The highest BCUT2D eigenvalue weighted by molar-refractivity contribution is 7.09. The van der Waals surface area contributed by atoms with Gasteiger partial charge in [0.05, 0.1) is 5.01 Å². The molecule has 0 fully saturated rings. The van der Waals surface area contributed by atoms with E-state index in [1.165, 1.54) is 10.6 Å². The van der Waals surface area contributed by atoms with E-state index in [-0.39, 0.29) is 0 Å². The lowest BCUT2D eigenvalue weighted by molar-refractivity contribution is 0.754. The van der Waals surface area contributed by atoms with E-state index in [1.54, 1.807) is 11.3 Å². The average molecular weight is 203 g/mol. The first kappa shape index (κ1) is 9.41. The van der Waals surface area contributed by atoms with Crippen molar-refractivity contribution in [2.75, 3.05) is 0 Å². The van der Waals surface area contributed by atoms with Gasteiger partial charge in [0, 0.05) is 18.0 Å². The van der Waals surface area contributed by atoms with Gasteiger partial charge in [0.2, 0.25) is 0 Å². The molecule has 0 aliphatic heterocycles. The topological polar surface area (TPSA) is 12.9 Å². The lowest BCUT2D eigenvalue weighted by Gasteiger charge is -2.09. The summed E-state index contributed by atoms with van der Waals surface area (Å²) >= 11 is 1.73. The first-order valence-electron chi connectivity index (χ1n) is 4.79. The maximum atomic E-state index is 4.30. The maximum absolute atomic E-state index is 4.30. The second-order valence-electron chi connectivity index (χ2n) is 3.44. The molecule has 72 valence electrons. The van der Waals surface area contributed by atoms with Crippen LogP contribution in [-0.4, -0.2) is 4.98 Å². The van der Waals surface area contributed by atoms with Crippen molar-refractivity contribution >= 4 is 11.3 Å². The van der Waals surface area contributed by atoms with Gasteiger partial charge in [-0.1, -0.05) is 37.3 Å². The van der Waals surface area contributed by atoms with Crippen LogP contribution in [0.15, 0.2) is 41.9 Å². The molecule has 0 aliphatic rings. The van der Waals surface area contributed by atoms with E-state index in [0.29, 0.717) is 5.92 Å². The molecule has 0 spiro atoms. The lowest BCUT2D eigenvalue weighted by Crippen LogP contribution is -1.97. The Hall–Kier alpha value is -1.15. The predicted molar refractivity (Wildman–Crippen MR) is 60.7 cm³/mol. The minimum atomic E-state index is 0.558. The van der Waals surface area contributed by atoms with Crippen molar-refractivity contribution in [2.45, 2.75) is 19.3 Å². The fourth-order valence-corrected chi connectivity index (χ4v) is 2.26. The first-order chi connectivity index (χ1) is 6.86. The van der Waals surface area contributed by atoms with E-state index in [0.717, 1.165) is 6.42 Å². The van der Waals surface area contributed by atoms with Crippen LogP contribution in [0.1, 0.15) is 23.4 Å². The molecular formula is C12H13NS. The van der Waals surface area contributed by atoms with Crippen LogP contribution in [0.2, 0.25) is 0 Å². The molecule has 0 amide bonds. The zero-order valence-corrected chi connectivity index (χ0v) is 9.00. The van der Waals surface area contributed by atoms with Gasteiger partial charge in [-0.3, -0.25) is 0 Å². The molecule has 1 aromatic heterocycles. The van der Waals surface area contributed by atoms with Crippen LogP contribution in [0.4, 0.5) is 0 Å². The van der Waals surface area contributed by atoms with Gasteiger partial charge >= 0.3 is 0 Å². The number of rotatable bonds is 3. The Bertz CT molecular complexity index is 366. The summed E-state index contributed by atoms with van der Waals surface area (Å²) in [5.41, 5.74) is 1.39. The Kier molecular flexibility index (Phi) is 2.94. The summed E-state index contributed by atoms with van der Waals surface area (Å²) in [6, 6.07) is 10.6. The molecule has 1 aromatic carbocycles. The molecule has 2 heteroatoms. The second kappa shape index (κ2) is 4.38. The minimum Gasteiger partial charge on any atom is -0.250 e. The number of aromatic nitrogens is 1. The number of thiazole rings is 1. The Morgan fingerprint density at radius 1 is 1.29 bits per heavy atom. The van der Waals surface area contributed by atoms with Crippen molar-refractivity contribution in [2.24, 2.45) is 0 Å². The molecule has 1 unspecified atom stereocenters. The first-order valence-corrected chi connectivity index (χ1v) is 5.67. The van der Waals surface area contributed by atoms with Crippen molar-refractivity contribution < 1.29 is 0 Å². The SMILES string of the molecule is CC(Cc1nccs1)c1ccccc1. The summed E-state index contributed by atoms with van der Waals surface area (Å²) in [7, 11) is 0. The fourth-order valence-electron chi connectivity index (χ4n) is 1.52. The molecule has 1 nitrogen and oxygen atoms in total. The quantitative estimate of drug-likeness (QED) is 0.744. The Balaban J connectivity index is 2.07. The predicted octanol–water partition coefficient (Wildman–Crippen LogP) is 3.49. The third-order valence-electron chi connectivity index (χ3n) is 2.33. The third-order valence-corrected chi connectivity index (χ3v) is 3.13. The smallest absolute Gasteiger partial charge is 0.0930 e. The normalized spacial score (nSPS) is 12.6. The van der Waals surface area contributed by atoms with Gasteiger partial charge in [0.25, 0.3) is 0 Å². The van der Waals surface area contributed by atoms with Crippen molar-refractivity contribution in [1.29, 1.82) is 0 Å². The molecule has 0 aliphatic carbocycles. The summed E-state index contributed by atoms with van der Waals surface area (Å²) in [5, 5.41) is 3.26. The fraction of sp³-hybridized carbons (Fsp3) is 0.250. The van der Waals surface area contributed by atoms with Crippen molar-refractivity contribution in [1.82, 2.24) is 4.98 Å². The molecule has 1 heterocycles. The third kappa shape index (κ3) is 2.20. The van der Waals surface area contributed by atoms with E-state index < -0.39 is 0 Å². The largest absolute Gasteiger partial charge is 0.250 e. The van der Waals surface area contributed by atoms with E-state index >= 15 is 0 Å². The van der Waals surface area contributed by atoms with Crippen LogP contribution in [0, 0.1) is 0 Å². The Labute approximate surface area is 88.4 Å². The molecule has 14 heavy (non-hydrogen) atoms. The lowest BCUT2D eigenvalue weighted by atomic mass is 9.98. The minimum absolute atomic E-state index is 0.558. The molecule has 0 saturated carbocycles. The second-order valence-corrected chi connectivity index (χ2v) is 4.42. The van der Waals surface area contributed by atoms with Gasteiger partial charge in [-0.2, -0.15) is 0 Å². The number of hydrogen-bond acceptors (Lipinski definition) is 2. The number of nitrogens with zero attached hydrogens (tertiary/aromatic N) is 1. The Morgan fingerprint density at radius 2 is 2.07 bits per heavy atom. The number of hydrogen-bond donors (Lipinski definition) is 0. The van der Waals surface area contributed by atoms with Crippen LogP contribution in [-0.2, 0) is 6.42 Å². The summed E-state index contributed by atoms with van der Waals surface area (Å²) in [6.07, 6.45) is 2.92. The zero-order valence-electron chi connectivity index (χ0n) is 8.18. The number of benzene rings is 1. The summed E-state index contributed by atoms with van der Waals surface area (Å²) in [4.78, 5) is 4.30. The summed E-state index contributed by atoms with van der Waals surface area (Å²) < 4.78 is 0. The molecule has 0 bridgehead atoms. The van der Waals surface area contributed by atoms with Crippen molar-refractivity contribution in [3.05, 3.63) is 52.5 Å². The highest BCUT2D eigenvalue weighted by Crippen LogP contribution is 2.20. The molecule has 0 N–H and O–H groups in total. The van der Waals surface area contributed by atoms with Crippen molar-refractivity contribution in [3.63, 3.8) is 0 Å². The maximum Gasteiger partial charge on any atom is 0.0930 e. The average Bonchev–Trinajstić information content (AvgIpc) is 2.72. The molecular weight excluding hydrogens is 190 g/mol. The van der Waals surface area contributed by atoms with E-state index in [1.807, 2.05) is 11.6 Å². The van der Waals surface area contributed by atoms with Gasteiger partial charge in [0.15, 0.2) is 0 Å². The van der Waals surface area contributed by atoms with Crippen LogP contribution in [0.25, 0.3) is 0 Å². The summed E-state index contributed by atoms with van der Waals surface area (Å²) in [5.74, 6) is 0.558. The zero-order chi connectivity index (χ0) is 9.80. The van der Waals surface area contributed by atoms with Gasteiger partial charge in [0.1, 0.15) is 0 Å². The van der Waals surface area contributed by atoms with E-state index in [2.05, 4.69) is 42.2 Å². The monoisotopic (exact) mass is 203 g/mol. The van der Waals surface area contributed by atoms with Crippen LogP contribution in [0.3, 0.4) is 0 Å². The van der Waals surface area contributed by atoms with Crippen molar-refractivity contribution in [3.8, 4) is 0 Å². The Morgan fingerprint density at radius 3 is 2.71 bits per heavy atom. The highest BCUT2D eigenvalue weighted by atomic mass is 32.1. The van der Waals surface area contributed by atoms with E-state index in [9.17, 15) is 0 Å². The molecule has 0 radical (unpaired) electrons. The highest BCUT2D eigenvalue weighted by Gasteiger charge is 2.07. The van der Waals surface area contributed by atoms with Gasteiger partial charge in [-0.05, 0) is 11.5 Å². The van der Waals surface area contributed by atoms with Crippen LogP contribution >= 0.6 is 11.3 Å². The van der Waals surface area contributed by atoms with Crippen LogP contribution < -0.4 is 0 Å². The van der Waals surface area contributed by atoms with Crippen LogP contribution in [0.5, 0.6) is 0 Å². The summed E-state index contributed by atoms with van der Waals surface area (Å²) in [6.45, 7) is 2.25. The van der Waals surface area contributed by atoms with Gasteiger partial charge in [-0.25, -0.2) is 4.98 Å². The standard InChI is InChI=1S/C12H13NS/c1-10(9-12-13-7-8-14-12)11-5-3-2-4-6-11/h2-8,10H,9H2,1H3. The molecule has 0 saturated heterocycles. The molecule has 1 atom stereocenters. The van der Waals surface area contributed by atoms with E-state index in [4.69, 9.17) is 0 Å².